The molecule has 1 saturated heterocycles. The third-order valence-corrected chi connectivity index (χ3v) is 7.96. The summed E-state index contributed by atoms with van der Waals surface area (Å²) >= 11 is 0. The Morgan fingerprint density at radius 2 is 1.85 bits per heavy atom. The SMILES string of the molecule is CCCCCCO[C@@H]1[C@H](CO)[C@@H]([C@@H](O[C@H]2OC(C(=O)Nc3ccc(CC)cc3)=C[C@H](O)[C@@H]2O)C(N)=O)O[C@H]1n1ccc(=O)[nH]c1=O. The van der Waals surface area contributed by atoms with Gasteiger partial charge in [0, 0.05) is 30.5 Å². The summed E-state index contributed by atoms with van der Waals surface area (Å²) in [6.45, 7) is 3.70. The van der Waals surface area contributed by atoms with E-state index >= 15 is 0 Å². The van der Waals surface area contributed by atoms with Gasteiger partial charge in [-0.15, -0.1) is 0 Å². The van der Waals surface area contributed by atoms with E-state index in [-0.39, 0.29) is 12.4 Å². The molecule has 0 saturated carbocycles. The molecular weight excluding hydrogens is 604 g/mol. The lowest BCUT2D eigenvalue weighted by Gasteiger charge is -2.35. The number of aliphatic hydroxyl groups excluding tert-OH is 3. The molecule has 2 aromatic rings. The molecule has 1 fully saturated rings. The first kappa shape index (κ1) is 35.0. The number of aromatic amines is 1. The van der Waals surface area contributed by atoms with Crippen molar-refractivity contribution in [1.29, 1.82) is 0 Å². The second kappa shape index (κ2) is 16.1. The number of rotatable bonds is 15. The van der Waals surface area contributed by atoms with E-state index in [0.29, 0.717) is 12.1 Å². The van der Waals surface area contributed by atoms with Crippen LogP contribution < -0.4 is 22.3 Å². The molecule has 0 aliphatic carbocycles. The van der Waals surface area contributed by atoms with Crippen molar-refractivity contribution in [3.8, 4) is 0 Å². The Labute approximate surface area is 264 Å². The van der Waals surface area contributed by atoms with Crippen LogP contribution in [0, 0.1) is 5.92 Å². The highest BCUT2D eigenvalue weighted by Gasteiger charge is 2.52. The molecule has 8 atom stereocenters. The Balaban J connectivity index is 1.56. The molecule has 7 N–H and O–H groups in total. The summed E-state index contributed by atoms with van der Waals surface area (Å²) in [6, 6.07) is 8.17. The molecule has 3 heterocycles. The number of carbonyl (C=O) groups is 2. The predicted octanol–water partition coefficient (Wildman–Crippen LogP) is 0.0416. The summed E-state index contributed by atoms with van der Waals surface area (Å²) in [4.78, 5) is 52.4. The van der Waals surface area contributed by atoms with Crippen molar-refractivity contribution in [3.63, 3.8) is 0 Å². The van der Waals surface area contributed by atoms with Gasteiger partial charge in [0.15, 0.2) is 18.1 Å². The summed E-state index contributed by atoms with van der Waals surface area (Å²) < 4.78 is 24.6. The van der Waals surface area contributed by atoms with Crippen LogP contribution in [0.15, 0.2) is 58.0 Å². The number of ether oxygens (including phenoxy) is 4. The van der Waals surface area contributed by atoms with Gasteiger partial charge in [0.05, 0.1) is 6.61 Å². The summed E-state index contributed by atoms with van der Waals surface area (Å²) in [6.07, 6.45) is -3.88. The first-order valence-corrected chi connectivity index (χ1v) is 15.4. The Morgan fingerprint density at radius 1 is 1.11 bits per heavy atom. The average molecular weight is 647 g/mol. The largest absolute Gasteiger partial charge is 0.456 e. The van der Waals surface area contributed by atoms with Gasteiger partial charge in [0.2, 0.25) is 12.2 Å². The third-order valence-electron chi connectivity index (χ3n) is 7.96. The summed E-state index contributed by atoms with van der Waals surface area (Å²) in [5, 5.41) is 34.3. The maximum Gasteiger partial charge on any atom is 0.330 e. The van der Waals surface area contributed by atoms with Crippen molar-refractivity contribution >= 4 is 17.5 Å². The second-order valence-corrected chi connectivity index (χ2v) is 11.2. The standard InChI is InChI=1S/C31H42N4O11/c1-3-5-6-7-14-43-25-19(16-36)24(45-29(25)35-13-12-22(38)34-31(35)42)26(27(32)40)46-30-23(39)20(37)15-21(44-30)28(41)33-18-10-8-17(4-2)9-11-18/h8-13,15,19-20,23-26,29-30,36-37,39H,3-7,14,16H2,1-2H3,(H2,32,40)(H,33,41)(H,34,38,42)/t19-,20+,23+,24+,25-,26-,29-,30-/m1/s1. The number of aryl methyl sites for hydroxylation is 1. The van der Waals surface area contributed by atoms with Crippen LogP contribution in [0.25, 0.3) is 0 Å². The monoisotopic (exact) mass is 646 g/mol. The van der Waals surface area contributed by atoms with Gasteiger partial charge in [0.1, 0.15) is 24.4 Å². The minimum atomic E-state index is -1.77. The predicted molar refractivity (Wildman–Crippen MR) is 163 cm³/mol. The molecule has 1 aromatic carbocycles. The van der Waals surface area contributed by atoms with Crippen LogP contribution in [0.2, 0.25) is 0 Å². The second-order valence-electron chi connectivity index (χ2n) is 11.2. The van der Waals surface area contributed by atoms with Crippen LogP contribution in [0.5, 0.6) is 0 Å². The average Bonchev–Trinajstić information content (AvgIpc) is 3.39. The fourth-order valence-electron chi connectivity index (χ4n) is 5.40. The number of anilines is 1. The molecule has 2 aliphatic rings. The molecule has 15 nitrogen and oxygen atoms in total. The third kappa shape index (κ3) is 8.29. The number of primary amides is 1. The van der Waals surface area contributed by atoms with Gasteiger partial charge in [-0.05, 0) is 36.6 Å². The van der Waals surface area contributed by atoms with Crippen LogP contribution in [0.3, 0.4) is 0 Å². The molecule has 0 spiro atoms. The van der Waals surface area contributed by atoms with Crippen LogP contribution in [0.1, 0.15) is 51.3 Å². The van der Waals surface area contributed by atoms with Crippen LogP contribution in [-0.2, 0) is 35.0 Å². The highest BCUT2D eigenvalue weighted by Crippen LogP contribution is 2.38. The Hall–Kier alpha value is -3.86. The highest BCUT2D eigenvalue weighted by atomic mass is 16.7. The first-order valence-electron chi connectivity index (χ1n) is 15.4. The number of nitrogens with two attached hydrogens (primary N) is 1. The topological polar surface area (TPSA) is 225 Å². The number of aliphatic hydroxyl groups is 3. The number of nitrogens with zero attached hydrogens (tertiary/aromatic N) is 1. The zero-order valence-corrected chi connectivity index (χ0v) is 25.7. The maximum absolute atomic E-state index is 13.0. The van der Waals surface area contributed by atoms with E-state index in [1.807, 2.05) is 19.1 Å². The molecule has 4 rings (SSSR count). The number of hydrogen-bond acceptors (Lipinski definition) is 11. The molecule has 1 aromatic heterocycles. The minimum absolute atomic E-state index is 0.245. The maximum atomic E-state index is 13.0. The number of carbonyl (C=O) groups excluding carboxylic acids is 2. The lowest BCUT2D eigenvalue weighted by Crippen LogP contribution is -2.53. The molecular formula is C31H42N4O11. The normalized spacial score (nSPS) is 26.6. The van der Waals surface area contributed by atoms with E-state index in [2.05, 4.69) is 17.2 Å². The number of aromatic nitrogens is 2. The van der Waals surface area contributed by atoms with Gasteiger partial charge < -0.3 is 45.3 Å². The van der Waals surface area contributed by atoms with Crippen molar-refractivity contribution < 1.29 is 43.9 Å². The number of H-pyrrole nitrogens is 1. The molecule has 0 unspecified atom stereocenters. The number of amides is 2. The molecule has 15 heteroatoms. The van der Waals surface area contributed by atoms with Crippen molar-refractivity contribution in [2.24, 2.45) is 11.7 Å². The van der Waals surface area contributed by atoms with Gasteiger partial charge in [0.25, 0.3) is 11.5 Å². The van der Waals surface area contributed by atoms with Gasteiger partial charge in [-0.25, -0.2) is 4.79 Å². The molecule has 46 heavy (non-hydrogen) atoms. The van der Waals surface area contributed by atoms with Crippen molar-refractivity contribution in [2.75, 3.05) is 18.5 Å². The lowest BCUT2D eigenvalue weighted by molar-refractivity contribution is -0.239. The molecule has 252 valence electrons. The van der Waals surface area contributed by atoms with E-state index in [9.17, 15) is 34.5 Å². The first-order chi connectivity index (χ1) is 22.1. The highest BCUT2D eigenvalue weighted by molar-refractivity contribution is 6.02. The van der Waals surface area contributed by atoms with E-state index in [4.69, 9.17) is 24.7 Å². The van der Waals surface area contributed by atoms with Crippen molar-refractivity contribution in [2.45, 2.75) is 89.0 Å². The zero-order valence-electron chi connectivity index (χ0n) is 25.7. The minimum Gasteiger partial charge on any atom is -0.456 e. The number of nitrogens with one attached hydrogen (secondary N) is 2. The Bertz CT molecular complexity index is 1470. The lowest BCUT2D eigenvalue weighted by atomic mass is 9.94. The zero-order chi connectivity index (χ0) is 33.4. The molecule has 0 radical (unpaired) electrons. The summed E-state index contributed by atoms with van der Waals surface area (Å²) in [7, 11) is 0. The smallest absolute Gasteiger partial charge is 0.330 e. The number of benzene rings is 1. The van der Waals surface area contributed by atoms with Crippen LogP contribution in [-0.4, -0.2) is 86.7 Å². The van der Waals surface area contributed by atoms with Crippen molar-refractivity contribution in [1.82, 2.24) is 9.55 Å². The fraction of sp³-hybridized carbons (Fsp3) is 0.548. The summed E-state index contributed by atoms with van der Waals surface area (Å²) in [5.41, 5.74) is 5.76. The van der Waals surface area contributed by atoms with Crippen LogP contribution in [0.4, 0.5) is 5.69 Å². The number of unbranched alkanes of at least 4 members (excludes halogenated alkanes) is 3. The summed E-state index contributed by atoms with van der Waals surface area (Å²) in [5.74, 6) is -3.20. The van der Waals surface area contributed by atoms with E-state index in [1.54, 1.807) is 12.1 Å². The van der Waals surface area contributed by atoms with Gasteiger partial charge in [-0.1, -0.05) is 45.2 Å². The van der Waals surface area contributed by atoms with E-state index in [1.165, 1.54) is 6.20 Å². The quantitative estimate of drug-likeness (QED) is 0.142. The number of hydrogen-bond donors (Lipinski definition) is 6. The molecule has 0 bridgehead atoms. The van der Waals surface area contributed by atoms with Crippen LogP contribution >= 0.6 is 0 Å². The van der Waals surface area contributed by atoms with E-state index in [0.717, 1.165) is 48.0 Å². The van der Waals surface area contributed by atoms with Crippen molar-refractivity contribution in [3.05, 3.63) is 74.8 Å². The van der Waals surface area contributed by atoms with Gasteiger partial charge in [-0.2, -0.15) is 0 Å². The molecule has 2 aliphatic heterocycles. The fourth-order valence-corrected chi connectivity index (χ4v) is 5.40. The molecule has 2 amide bonds. The van der Waals surface area contributed by atoms with Gasteiger partial charge >= 0.3 is 5.69 Å². The Morgan fingerprint density at radius 3 is 2.48 bits per heavy atom. The Kier molecular flexibility index (Phi) is 12.3. The van der Waals surface area contributed by atoms with E-state index < -0.39 is 78.6 Å². The van der Waals surface area contributed by atoms with Gasteiger partial charge in [-0.3, -0.25) is 23.9 Å².